The Morgan fingerprint density at radius 2 is 1.61 bits per heavy atom. The molecule has 0 radical (unpaired) electrons. The number of para-hydroxylation sites is 1. The van der Waals surface area contributed by atoms with Gasteiger partial charge in [0, 0.05) is 23.7 Å². The highest BCUT2D eigenvalue weighted by Crippen LogP contribution is 2.55. The molecule has 1 atom stereocenters. The van der Waals surface area contributed by atoms with Crippen molar-refractivity contribution in [2.45, 2.75) is 44.4 Å². The van der Waals surface area contributed by atoms with E-state index in [1.54, 1.807) is 0 Å². The van der Waals surface area contributed by atoms with E-state index in [1.165, 1.54) is 11.3 Å². The van der Waals surface area contributed by atoms with Crippen LogP contribution in [0, 0.1) is 0 Å². The van der Waals surface area contributed by atoms with Gasteiger partial charge in [-0.25, -0.2) is 0 Å². The summed E-state index contributed by atoms with van der Waals surface area (Å²) in [5.41, 5.74) is 3.11. The molecule has 0 N–H and O–H groups in total. The Hall–Kier alpha value is -3.27. The summed E-state index contributed by atoms with van der Waals surface area (Å²) in [6.45, 7) is 8.59. The number of benzene rings is 3. The zero-order valence-corrected chi connectivity index (χ0v) is 18.6. The van der Waals surface area contributed by atoms with Gasteiger partial charge in [0.2, 0.25) is 5.72 Å². The molecule has 3 heterocycles. The summed E-state index contributed by atoms with van der Waals surface area (Å²) >= 11 is 0. The summed E-state index contributed by atoms with van der Waals surface area (Å²) in [5, 5.41) is 2.20. The van der Waals surface area contributed by atoms with Gasteiger partial charge in [-0.3, -0.25) is 4.99 Å². The summed E-state index contributed by atoms with van der Waals surface area (Å²) in [5.74, 6) is 1.68. The van der Waals surface area contributed by atoms with E-state index in [0.29, 0.717) is 0 Å². The molecular weight excluding hydrogens is 384 g/mol. The van der Waals surface area contributed by atoms with Gasteiger partial charge in [0.15, 0.2) is 0 Å². The number of hydrogen-bond donors (Lipinski definition) is 0. The Kier molecular flexibility index (Phi) is 3.40. The average Bonchev–Trinajstić information content (AvgIpc) is 2.91. The zero-order chi connectivity index (χ0) is 21.6. The van der Waals surface area contributed by atoms with Crippen molar-refractivity contribution >= 4 is 34.4 Å². The molecule has 1 unspecified atom stereocenters. The number of hydrogen-bond acceptors (Lipinski definition) is 4. The van der Waals surface area contributed by atoms with Gasteiger partial charge >= 0.3 is 0 Å². The number of rotatable bonds is 0. The van der Waals surface area contributed by atoms with Gasteiger partial charge in [-0.05, 0) is 62.9 Å². The number of anilines is 1. The molecule has 0 aliphatic carbocycles. The Balaban J connectivity index is 1.55. The lowest BCUT2D eigenvalue weighted by Gasteiger charge is -2.45. The van der Waals surface area contributed by atoms with Crippen molar-refractivity contribution in [2.24, 2.45) is 4.99 Å². The highest BCUT2D eigenvalue weighted by Gasteiger charge is 2.58. The highest BCUT2D eigenvalue weighted by molar-refractivity contribution is 6.05. The van der Waals surface area contributed by atoms with Crippen LogP contribution < -0.4 is 14.4 Å². The van der Waals surface area contributed by atoms with Gasteiger partial charge < -0.3 is 14.4 Å². The molecule has 6 rings (SSSR count). The maximum atomic E-state index is 6.84. The lowest BCUT2D eigenvalue weighted by Crippen LogP contribution is -2.61. The van der Waals surface area contributed by atoms with E-state index >= 15 is 0 Å². The lowest BCUT2D eigenvalue weighted by atomic mass is 9.77. The number of likely N-dealkylation sites (N-methyl/N-ethyl adjacent to an activating group) is 1. The van der Waals surface area contributed by atoms with Gasteiger partial charge in [-0.15, -0.1) is 0 Å². The maximum absolute atomic E-state index is 6.84. The molecule has 3 aliphatic rings. The van der Waals surface area contributed by atoms with E-state index in [9.17, 15) is 0 Å². The van der Waals surface area contributed by atoms with Crippen LogP contribution in [-0.4, -0.2) is 24.6 Å². The summed E-state index contributed by atoms with van der Waals surface area (Å²) in [6.07, 6.45) is 6.25. The van der Waals surface area contributed by atoms with Crippen molar-refractivity contribution in [3.8, 4) is 11.5 Å². The Morgan fingerprint density at radius 3 is 2.39 bits per heavy atom. The van der Waals surface area contributed by atoms with E-state index in [-0.39, 0.29) is 11.0 Å². The molecule has 3 aromatic rings. The minimum atomic E-state index is -0.680. The van der Waals surface area contributed by atoms with Gasteiger partial charge in [-0.1, -0.05) is 36.4 Å². The molecule has 0 bridgehead atoms. The van der Waals surface area contributed by atoms with E-state index in [0.717, 1.165) is 33.5 Å². The van der Waals surface area contributed by atoms with Gasteiger partial charge in [0.1, 0.15) is 22.8 Å². The summed E-state index contributed by atoms with van der Waals surface area (Å²) < 4.78 is 13.1. The summed E-state index contributed by atoms with van der Waals surface area (Å²) in [6, 6.07) is 16.8. The first-order chi connectivity index (χ1) is 14.7. The topological polar surface area (TPSA) is 34.1 Å². The second-order valence-electron chi connectivity index (χ2n) is 9.78. The first-order valence-corrected chi connectivity index (χ1v) is 10.8. The maximum Gasteiger partial charge on any atom is 0.228 e. The van der Waals surface area contributed by atoms with Crippen LogP contribution in [0.3, 0.4) is 0 Å². The van der Waals surface area contributed by atoms with E-state index in [1.807, 2.05) is 12.3 Å². The predicted octanol–water partition coefficient (Wildman–Crippen LogP) is 6.24. The molecule has 0 saturated carbocycles. The van der Waals surface area contributed by atoms with Crippen molar-refractivity contribution in [2.75, 3.05) is 11.9 Å². The van der Waals surface area contributed by atoms with E-state index < -0.39 is 5.72 Å². The van der Waals surface area contributed by atoms with Crippen LogP contribution in [0.5, 0.6) is 11.5 Å². The van der Waals surface area contributed by atoms with Crippen LogP contribution in [0.25, 0.3) is 16.8 Å². The molecule has 0 saturated heterocycles. The van der Waals surface area contributed by atoms with Crippen LogP contribution in [0.4, 0.5) is 11.4 Å². The van der Waals surface area contributed by atoms with Crippen molar-refractivity contribution in [3.63, 3.8) is 0 Å². The van der Waals surface area contributed by atoms with Crippen LogP contribution in [0.15, 0.2) is 59.6 Å². The third-order valence-electron chi connectivity index (χ3n) is 7.11. The van der Waals surface area contributed by atoms with Crippen molar-refractivity contribution in [1.82, 2.24) is 0 Å². The van der Waals surface area contributed by atoms with Gasteiger partial charge in [0.05, 0.1) is 11.6 Å². The molecule has 0 fully saturated rings. The van der Waals surface area contributed by atoms with Gasteiger partial charge in [-0.2, -0.15) is 0 Å². The van der Waals surface area contributed by atoms with Crippen LogP contribution in [0.1, 0.15) is 38.8 Å². The number of ether oxygens (including phenoxy) is 2. The van der Waals surface area contributed by atoms with Crippen molar-refractivity contribution < 1.29 is 9.47 Å². The fourth-order valence-electron chi connectivity index (χ4n) is 5.33. The molecule has 3 aliphatic heterocycles. The van der Waals surface area contributed by atoms with E-state index in [4.69, 9.17) is 14.5 Å². The molecule has 4 nitrogen and oxygen atoms in total. The Bertz CT molecular complexity index is 1320. The largest absolute Gasteiger partial charge is 0.483 e. The number of nitrogens with zero attached hydrogens (tertiary/aromatic N) is 2. The minimum absolute atomic E-state index is 0.266. The quantitative estimate of drug-likeness (QED) is 0.440. The second kappa shape index (κ2) is 5.70. The van der Waals surface area contributed by atoms with Gasteiger partial charge in [0.25, 0.3) is 0 Å². The zero-order valence-electron chi connectivity index (χ0n) is 18.6. The van der Waals surface area contributed by atoms with Crippen molar-refractivity contribution in [1.29, 1.82) is 0 Å². The Morgan fingerprint density at radius 1 is 0.871 bits per heavy atom. The predicted molar refractivity (Wildman–Crippen MR) is 127 cm³/mol. The third kappa shape index (κ3) is 2.28. The smallest absolute Gasteiger partial charge is 0.228 e. The SMILES string of the molecule is CN1c2ccccc2C(C)(C)C12C=Nc1c(ccc3ccc4c(c13)C=CC(C)(C)O4)O2. The minimum Gasteiger partial charge on any atom is -0.483 e. The monoisotopic (exact) mass is 410 g/mol. The lowest BCUT2D eigenvalue weighted by molar-refractivity contribution is 0.0826. The fourth-order valence-corrected chi connectivity index (χ4v) is 5.33. The second-order valence-corrected chi connectivity index (χ2v) is 9.78. The highest BCUT2D eigenvalue weighted by atomic mass is 16.5. The molecule has 0 amide bonds. The average molecular weight is 411 g/mol. The first-order valence-electron chi connectivity index (χ1n) is 10.8. The van der Waals surface area contributed by atoms with Crippen LogP contribution >= 0.6 is 0 Å². The standard InChI is InChI=1S/C27H26N2O2/c1-25(2)15-14-18-21(30-25)12-10-17-11-13-22-24(23(17)18)28-16-27(31-22)26(3,4)19-8-6-7-9-20(19)29(27)5/h6-16H,1-5H3. The number of aliphatic imine (C=N–C) groups is 1. The van der Waals surface area contributed by atoms with Crippen LogP contribution in [0.2, 0.25) is 0 Å². The normalized spacial score (nSPS) is 23.8. The van der Waals surface area contributed by atoms with Crippen LogP contribution in [-0.2, 0) is 5.41 Å². The molecule has 1 spiro atoms. The van der Waals surface area contributed by atoms with E-state index in [2.05, 4.69) is 94.3 Å². The Labute approximate surface area is 182 Å². The molecule has 31 heavy (non-hydrogen) atoms. The van der Waals surface area contributed by atoms with Crippen molar-refractivity contribution in [3.05, 3.63) is 65.7 Å². The third-order valence-corrected chi connectivity index (χ3v) is 7.11. The molecule has 156 valence electrons. The molecular formula is C27H26N2O2. The summed E-state index contributed by atoms with van der Waals surface area (Å²) in [4.78, 5) is 7.26. The molecule has 4 heteroatoms. The fraction of sp³-hybridized carbons (Fsp3) is 0.296. The molecule has 3 aromatic carbocycles. The number of fused-ring (bicyclic) bond motifs is 6. The summed E-state index contributed by atoms with van der Waals surface area (Å²) in [7, 11) is 2.09. The molecule has 0 aromatic heterocycles. The first kappa shape index (κ1) is 18.5.